The predicted molar refractivity (Wildman–Crippen MR) is 130 cm³/mol. The molecular weight excluding hydrogens is 514 g/mol. The second-order valence-corrected chi connectivity index (χ2v) is 10.8. The van der Waals surface area contributed by atoms with Gasteiger partial charge < -0.3 is 10.0 Å². The number of hydrogen-bond acceptors (Lipinski definition) is 2. The highest BCUT2D eigenvalue weighted by Crippen LogP contribution is 2.44. The highest BCUT2D eigenvalue weighted by Gasteiger charge is 2.42. The normalized spacial score (nSPS) is 18.6. The molecule has 0 saturated carbocycles. The van der Waals surface area contributed by atoms with E-state index >= 15 is 0 Å². The molecule has 38 heavy (non-hydrogen) atoms. The van der Waals surface area contributed by atoms with Gasteiger partial charge in [-0.3, -0.25) is 9.69 Å². The Morgan fingerprint density at radius 2 is 1.50 bits per heavy atom. The molecule has 0 aromatic heterocycles. The van der Waals surface area contributed by atoms with Crippen LogP contribution in [0.5, 0.6) is 0 Å². The average Bonchev–Trinajstić information content (AvgIpc) is 2.92. The van der Waals surface area contributed by atoms with Crippen LogP contribution in [0.1, 0.15) is 74.4 Å². The van der Waals surface area contributed by atoms with Crippen LogP contribution >= 0.6 is 0 Å². The second-order valence-electron chi connectivity index (χ2n) is 10.8. The summed E-state index contributed by atoms with van der Waals surface area (Å²) in [5.74, 6) is -0.566. The Labute approximate surface area is 217 Å². The molecule has 1 aliphatic rings. The van der Waals surface area contributed by atoms with E-state index in [-0.39, 0.29) is 18.1 Å². The van der Waals surface area contributed by atoms with Crippen molar-refractivity contribution in [2.24, 2.45) is 5.41 Å². The monoisotopic (exact) mass is 544 g/mol. The molecule has 0 bridgehead atoms. The number of fused-ring (bicyclic) bond motifs is 1. The van der Waals surface area contributed by atoms with Gasteiger partial charge in [0.25, 0.3) is 0 Å². The highest BCUT2D eigenvalue weighted by atomic mass is 19.4. The molecule has 1 heterocycles. The Balaban J connectivity index is 2.17. The third-order valence-corrected chi connectivity index (χ3v) is 6.82. The number of amides is 2. The van der Waals surface area contributed by atoms with Gasteiger partial charge >= 0.3 is 18.4 Å². The summed E-state index contributed by atoms with van der Waals surface area (Å²) < 4.78 is 80.6. The first-order chi connectivity index (χ1) is 17.3. The van der Waals surface area contributed by atoms with E-state index in [1.807, 2.05) is 20.8 Å². The summed E-state index contributed by atoms with van der Waals surface area (Å²) in [7, 11) is 0. The largest absolute Gasteiger partial charge is 0.465 e. The zero-order chi connectivity index (χ0) is 28.8. The molecule has 2 aromatic carbocycles. The van der Waals surface area contributed by atoms with Crippen molar-refractivity contribution in [3.63, 3.8) is 0 Å². The third-order valence-electron chi connectivity index (χ3n) is 6.82. The number of carbonyl (C=O) groups excluding carboxylic acids is 1. The summed E-state index contributed by atoms with van der Waals surface area (Å²) in [5.41, 5.74) is -2.21. The summed E-state index contributed by atoms with van der Waals surface area (Å²) >= 11 is 0. The molecular formula is C27H30F6N2O3. The fourth-order valence-electron chi connectivity index (χ4n) is 5.04. The van der Waals surface area contributed by atoms with Gasteiger partial charge in [-0.2, -0.15) is 26.3 Å². The first-order valence-electron chi connectivity index (χ1n) is 12.0. The number of carboxylic acid groups (broad SMARTS) is 1. The molecule has 1 aliphatic heterocycles. The quantitative estimate of drug-likeness (QED) is 0.401. The zero-order valence-electron chi connectivity index (χ0n) is 21.7. The van der Waals surface area contributed by atoms with Crippen LogP contribution in [-0.4, -0.2) is 28.0 Å². The molecule has 2 aromatic rings. The number of nitrogens with zero attached hydrogens (tertiary/aromatic N) is 2. The maximum Gasteiger partial charge on any atom is 0.416 e. The van der Waals surface area contributed by atoms with Gasteiger partial charge in [0.15, 0.2) is 0 Å². The number of benzene rings is 2. The molecule has 0 spiro atoms. The van der Waals surface area contributed by atoms with Gasteiger partial charge in [-0.1, -0.05) is 32.9 Å². The van der Waals surface area contributed by atoms with Crippen molar-refractivity contribution in [2.75, 3.05) is 4.90 Å². The van der Waals surface area contributed by atoms with E-state index in [1.165, 1.54) is 16.7 Å². The fourth-order valence-corrected chi connectivity index (χ4v) is 5.04. The smallest absolute Gasteiger partial charge is 0.416 e. The van der Waals surface area contributed by atoms with Crippen molar-refractivity contribution in [1.82, 2.24) is 4.90 Å². The third kappa shape index (κ3) is 6.24. The lowest BCUT2D eigenvalue weighted by Gasteiger charge is -2.38. The SMILES string of the molecule is CC(=O)N(Cc1cc(C(F)(F)F)cc(C(F)(F)F)c1)C1CCC(C(C)(C)C)N(C(=O)O)c2cc(C)ccc21. The van der Waals surface area contributed by atoms with Crippen LogP contribution in [0.2, 0.25) is 0 Å². The van der Waals surface area contributed by atoms with Crippen LogP contribution in [0.4, 0.5) is 36.8 Å². The van der Waals surface area contributed by atoms with Crippen LogP contribution in [0.3, 0.4) is 0 Å². The van der Waals surface area contributed by atoms with E-state index in [0.717, 1.165) is 5.56 Å². The van der Waals surface area contributed by atoms with Crippen molar-refractivity contribution in [3.05, 3.63) is 64.2 Å². The van der Waals surface area contributed by atoms with E-state index in [9.17, 15) is 41.0 Å². The lowest BCUT2D eigenvalue weighted by molar-refractivity contribution is -0.143. The van der Waals surface area contributed by atoms with Gasteiger partial charge in [0, 0.05) is 19.5 Å². The molecule has 0 saturated heterocycles. The standard InChI is InChI=1S/C27H30F6N2O3/c1-15-6-7-20-21(8-9-23(25(3,4)5)35(24(37)38)22(20)10-15)34(16(2)36)14-17-11-18(26(28,29)30)13-19(12-17)27(31,32)33/h6-7,10-13,21,23H,8-9,14H2,1-5H3,(H,37,38). The van der Waals surface area contributed by atoms with Crippen LogP contribution < -0.4 is 4.90 Å². The molecule has 5 nitrogen and oxygen atoms in total. The van der Waals surface area contributed by atoms with Crippen molar-refractivity contribution < 1.29 is 41.0 Å². The molecule has 2 unspecified atom stereocenters. The van der Waals surface area contributed by atoms with Crippen molar-refractivity contribution >= 4 is 17.7 Å². The number of hydrogen-bond donors (Lipinski definition) is 1. The van der Waals surface area contributed by atoms with Gasteiger partial charge in [-0.05, 0) is 66.1 Å². The minimum absolute atomic E-state index is 0.0456. The van der Waals surface area contributed by atoms with E-state index < -0.39 is 59.5 Å². The zero-order valence-corrected chi connectivity index (χ0v) is 21.7. The number of halogens is 6. The van der Waals surface area contributed by atoms with Gasteiger partial charge in [-0.15, -0.1) is 0 Å². The summed E-state index contributed by atoms with van der Waals surface area (Å²) in [4.78, 5) is 27.8. The molecule has 11 heteroatoms. The molecule has 0 fully saturated rings. The summed E-state index contributed by atoms with van der Waals surface area (Å²) in [6.45, 7) is 8.09. The number of aryl methyl sites for hydroxylation is 1. The first kappa shape index (κ1) is 29.3. The first-order valence-corrected chi connectivity index (χ1v) is 12.0. The summed E-state index contributed by atoms with van der Waals surface area (Å²) in [5, 5.41) is 10.1. The van der Waals surface area contributed by atoms with Crippen LogP contribution in [0, 0.1) is 12.3 Å². The molecule has 2 amide bonds. The van der Waals surface area contributed by atoms with E-state index in [4.69, 9.17) is 0 Å². The van der Waals surface area contributed by atoms with Crippen molar-refractivity contribution in [3.8, 4) is 0 Å². The number of anilines is 1. The molecule has 0 radical (unpaired) electrons. The second kappa shape index (κ2) is 10.1. The number of alkyl halides is 6. The molecule has 208 valence electrons. The number of rotatable bonds is 3. The van der Waals surface area contributed by atoms with Crippen LogP contribution in [0.25, 0.3) is 0 Å². The summed E-state index contributed by atoms with van der Waals surface area (Å²) in [6.07, 6.45) is -10.7. The van der Waals surface area contributed by atoms with E-state index in [0.29, 0.717) is 29.8 Å². The van der Waals surface area contributed by atoms with Gasteiger partial charge in [-0.25, -0.2) is 4.79 Å². The van der Waals surface area contributed by atoms with Gasteiger partial charge in [0.1, 0.15) is 0 Å². The van der Waals surface area contributed by atoms with Crippen molar-refractivity contribution in [2.45, 2.75) is 78.4 Å². The minimum Gasteiger partial charge on any atom is -0.465 e. The van der Waals surface area contributed by atoms with E-state index in [1.54, 1.807) is 25.1 Å². The van der Waals surface area contributed by atoms with Gasteiger partial charge in [0.05, 0.1) is 22.9 Å². The molecule has 1 N–H and O–H groups in total. The maximum atomic E-state index is 13.4. The molecule has 2 atom stereocenters. The average molecular weight is 545 g/mol. The predicted octanol–water partition coefficient (Wildman–Crippen LogP) is 7.82. The van der Waals surface area contributed by atoms with Crippen molar-refractivity contribution in [1.29, 1.82) is 0 Å². The lowest BCUT2D eigenvalue weighted by atomic mass is 9.83. The van der Waals surface area contributed by atoms with E-state index in [2.05, 4.69) is 0 Å². The topological polar surface area (TPSA) is 60.9 Å². The molecule has 0 aliphatic carbocycles. The molecule has 3 rings (SSSR count). The fraction of sp³-hybridized carbons (Fsp3) is 0.481. The Morgan fingerprint density at radius 3 is 1.95 bits per heavy atom. The Morgan fingerprint density at radius 1 is 0.947 bits per heavy atom. The Bertz CT molecular complexity index is 1180. The summed E-state index contributed by atoms with van der Waals surface area (Å²) in [6, 6.07) is 5.06. The van der Waals surface area contributed by atoms with Gasteiger partial charge in [0.2, 0.25) is 5.91 Å². The maximum absolute atomic E-state index is 13.4. The lowest BCUT2D eigenvalue weighted by Crippen LogP contribution is -2.46. The Hall–Kier alpha value is -3.24. The van der Waals surface area contributed by atoms with Crippen LogP contribution in [0.15, 0.2) is 36.4 Å². The highest BCUT2D eigenvalue weighted by molar-refractivity contribution is 5.89. The minimum atomic E-state index is -5.02. The Kier molecular flexibility index (Phi) is 7.83. The number of carbonyl (C=O) groups is 2. The van der Waals surface area contributed by atoms with Crippen LogP contribution in [-0.2, 0) is 23.7 Å².